The molecule has 0 bridgehead atoms. The van der Waals surface area contributed by atoms with E-state index in [9.17, 15) is 0 Å². The first-order valence-corrected chi connectivity index (χ1v) is 5.59. The van der Waals surface area contributed by atoms with E-state index in [0.717, 1.165) is 13.0 Å². The molecule has 0 rings (SSSR count). The third-order valence-electron chi connectivity index (χ3n) is 2.07. The Bertz CT molecular complexity index is 129. The molecule has 3 heteroatoms. The molecule has 0 N–H and O–H groups in total. The zero-order chi connectivity index (χ0) is 10.6. The Morgan fingerprint density at radius 2 is 1.93 bits per heavy atom. The Kier molecular flexibility index (Phi) is 16.8. The molecule has 0 heterocycles. The summed E-state index contributed by atoms with van der Waals surface area (Å²) in [5, 5.41) is 0. The van der Waals surface area contributed by atoms with Gasteiger partial charge in [-0.25, -0.2) is 6.08 Å². The molecular formula is C12H23LiO2. The Morgan fingerprint density at radius 1 is 1.20 bits per heavy atom. The van der Waals surface area contributed by atoms with Crippen LogP contribution in [0.15, 0.2) is 6.08 Å². The fourth-order valence-electron chi connectivity index (χ4n) is 1.23. The molecule has 15 heavy (non-hydrogen) atoms. The second-order valence-electron chi connectivity index (χ2n) is 3.29. The summed E-state index contributed by atoms with van der Waals surface area (Å²) in [6.07, 6.45) is 6.43. The van der Waals surface area contributed by atoms with Crippen LogP contribution in [0.2, 0.25) is 0 Å². The number of hydrogen-bond donors (Lipinski definition) is 0. The number of hydrogen-bond acceptors (Lipinski definition) is 2. The summed E-state index contributed by atoms with van der Waals surface area (Å²) >= 11 is 0. The quantitative estimate of drug-likeness (QED) is 0.284. The minimum absolute atomic E-state index is 0. The van der Waals surface area contributed by atoms with Crippen LogP contribution in [0.3, 0.4) is 0 Å². The molecule has 0 amide bonds. The molecule has 2 nitrogen and oxygen atoms in total. The van der Waals surface area contributed by atoms with E-state index in [0.29, 0.717) is 13.2 Å². The van der Waals surface area contributed by atoms with Crippen LogP contribution in [-0.4, -0.2) is 25.9 Å². The SMILES string of the molecule is [CH-]=CC(CCCCC)OCCOCC.[Li+]. The number of rotatable bonds is 10. The maximum absolute atomic E-state index is 5.53. The van der Waals surface area contributed by atoms with Gasteiger partial charge in [0.25, 0.3) is 0 Å². The van der Waals surface area contributed by atoms with Gasteiger partial charge in [0.15, 0.2) is 0 Å². The molecule has 0 fully saturated rings. The molecule has 0 radical (unpaired) electrons. The maximum Gasteiger partial charge on any atom is 1.00 e. The van der Waals surface area contributed by atoms with Crippen molar-refractivity contribution in [1.82, 2.24) is 0 Å². The van der Waals surface area contributed by atoms with Crippen molar-refractivity contribution < 1.29 is 28.3 Å². The summed E-state index contributed by atoms with van der Waals surface area (Å²) in [6.45, 7) is 11.7. The third kappa shape index (κ3) is 12.2. The Balaban J connectivity index is 0. The molecule has 1 atom stereocenters. The molecular weight excluding hydrogens is 183 g/mol. The van der Waals surface area contributed by atoms with Crippen molar-refractivity contribution in [3.8, 4) is 0 Å². The summed E-state index contributed by atoms with van der Waals surface area (Å²) in [6, 6.07) is 0. The van der Waals surface area contributed by atoms with Gasteiger partial charge in [0, 0.05) is 12.7 Å². The average molecular weight is 206 g/mol. The molecule has 0 saturated heterocycles. The standard InChI is InChI=1S/C12H23O2.Li/c1-4-7-8-9-12(5-2)14-11-10-13-6-3;/h2,5,12H,4,6-11H2,1,3H3;/q-1;+1. The topological polar surface area (TPSA) is 18.5 Å². The van der Waals surface area contributed by atoms with Gasteiger partial charge in [-0.1, -0.05) is 26.2 Å². The van der Waals surface area contributed by atoms with Gasteiger partial charge >= 0.3 is 18.9 Å². The van der Waals surface area contributed by atoms with Crippen molar-refractivity contribution in [3.05, 3.63) is 12.7 Å². The van der Waals surface area contributed by atoms with Gasteiger partial charge in [-0.2, -0.15) is 0 Å². The first kappa shape index (κ1) is 17.6. The summed E-state index contributed by atoms with van der Waals surface area (Å²) in [5.41, 5.74) is 0. The predicted octanol–water partition coefficient (Wildman–Crippen LogP) is -0.0184. The summed E-state index contributed by atoms with van der Waals surface area (Å²) in [5.74, 6) is 0. The molecule has 0 aromatic heterocycles. The molecule has 0 aliphatic rings. The second-order valence-corrected chi connectivity index (χ2v) is 3.29. The van der Waals surface area contributed by atoms with Crippen LogP contribution in [0.5, 0.6) is 0 Å². The van der Waals surface area contributed by atoms with Gasteiger partial charge in [0.2, 0.25) is 0 Å². The van der Waals surface area contributed by atoms with Crippen molar-refractivity contribution in [3.63, 3.8) is 0 Å². The fraction of sp³-hybridized carbons (Fsp3) is 0.833. The van der Waals surface area contributed by atoms with Gasteiger partial charge in [0.05, 0.1) is 13.2 Å². The van der Waals surface area contributed by atoms with E-state index < -0.39 is 0 Å². The Labute approximate surface area is 107 Å². The van der Waals surface area contributed by atoms with Crippen molar-refractivity contribution in [1.29, 1.82) is 0 Å². The molecule has 0 aliphatic carbocycles. The second kappa shape index (κ2) is 14.3. The van der Waals surface area contributed by atoms with E-state index in [1.807, 2.05) is 6.92 Å². The molecule has 1 unspecified atom stereocenters. The molecule has 0 spiro atoms. The molecule has 84 valence electrons. The van der Waals surface area contributed by atoms with Gasteiger partial charge in [-0.15, -0.1) is 0 Å². The Morgan fingerprint density at radius 3 is 2.47 bits per heavy atom. The minimum Gasteiger partial charge on any atom is -0.515 e. The summed E-state index contributed by atoms with van der Waals surface area (Å²) in [7, 11) is 0. The van der Waals surface area contributed by atoms with Crippen molar-refractivity contribution in [2.45, 2.75) is 45.6 Å². The normalized spacial score (nSPS) is 11.9. The van der Waals surface area contributed by atoms with Gasteiger partial charge in [-0.3, -0.25) is 0 Å². The largest absolute Gasteiger partial charge is 1.00 e. The van der Waals surface area contributed by atoms with Crippen LogP contribution in [-0.2, 0) is 9.47 Å². The van der Waals surface area contributed by atoms with E-state index in [1.165, 1.54) is 19.3 Å². The number of ether oxygens (including phenoxy) is 2. The van der Waals surface area contributed by atoms with Gasteiger partial charge < -0.3 is 16.1 Å². The third-order valence-corrected chi connectivity index (χ3v) is 2.07. The minimum atomic E-state index is 0. The smallest absolute Gasteiger partial charge is 0.515 e. The van der Waals surface area contributed by atoms with Crippen LogP contribution in [0, 0.1) is 6.58 Å². The van der Waals surface area contributed by atoms with E-state index in [2.05, 4.69) is 6.92 Å². The average Bonchev–Trinajstić information content (AvgIpc) is 2.22. The summed E-state index contributed by atoms with van der Waals surface area (Å²) < 4.78 is 10.7. The zero-order valence-electron chi connectivity index (χ0n) is 10.5. The van der Waals surface area contributed by atoms with Gasteiger partial charge in [0.1, 0.15) is 0 Å². The van der Waals surface area contributed by atoms with Crippen LogP contribution in [0.1, 0.15) is 39.5 Å². The monoisotopic (exact) mass is 206 g/mol. The van der Waals surface area contributed by atoms with E-state index >= 15 is 0 Å². The first-order chi connectivity index (χ1) is 6.85. The van der Waals surface area contributed by atoms with Crippen molar-refractivity contribution in [2.24, 2.45) is 0 Å². The van der Waals surface area contributed by atoms with Crippen molar-refractivity contribution >= 4 is 0 Å². The van der Waals surface area contributed by atoms with Crippen LogP contribution < -0.4 is 18.9 Å². The van der Waals surface area contributed by atoms with E-state index in [1.54, 1.807) is 6.08 Å². The summed E-state index contributed by atoms with van der Waals surface area (Å²) in [4.78, 5) is 0. The van der Waals surface area contributed by atoms with Crippen molar-refractivity contribution in [2.75, 3.05) is 19.8 Å². The van der Waals surface area contributed by atoms with Gasteiger partial charge in [-0.05, 0) is 13.3 Å². The molecule has 0 aromatic carbocycles. The van der Waals surface area contributed by atoms with Crippen LogP contribution in [0.25, 0.3) is 0 Å². The van der Waals surface area contributed by atoms with Crippen LogP contribution >= 0.6 is 0 Å². The fourth-order valence-corrected chi connectivity index (χ4v) is 1.23. The molecule has 0 aromatic rings. The van der Waals surface area contributed by atoms with Crippen LogP contribution in [0.4, 0.5) is 0 Å². The molecule has 0 saturated carbocycles. The van der Waals surface area contributed by atoms with E-state index in [4.69, 9.17) is 16.1 Å². The molecule has 0 aliphatic heterocycles. The predicted molar refractivity (Wildman–Crippen MR) is 59.2 cm³/mol. The maximum atomic E-state index is 5.53. The first-order valence-electron chi connectivity index (χ1n) is 5.59. The number of unbranched alkanes of at least 4 members (excludes halogenated alkanes) is 2. The Hall–Kier alpha value is 0.257. The van der Waals surface area contributed by atoms with E-state index in [-0.39, 0.29) is 25.0 Å². The zero-order valence-corrected chi connectivity index (χ0v) is 10.5.